The van der Waals surface area contributed by atoms with E-state index < -0.39 is 9.84 Å². The van der Waals surface area contributed by atoms with E-state index in [1.54, 1.807) is 17.0 Å². The van der Waals surface area contributed by atoms with Crippen LogP contribution in [0.25, 0.3) is 0 Å². The fraction of sp³-hybridized carbons (Fsp3) is 0.727. The third kappa shape index (κ3) is 3.73. The highest BCUT2D eigenvalue weighted by molar-refractivity contribution is 7.91. The van der Waals surface area contributed by atoms with Gasteiger partial charge in [-0.25, -0.2) is 13.2 Å². The molecule has 0 fully saturated rings. The molecule has 6 heteroatoms. The van der Waals surface area contributed by atoms with Crippen molar-refractivity contribution >= 4 is 9.84 Å². The van der Waals surface area contributed by atoms with E-state index in [9.17, 15) is 13.2 Å². The average Bonchev–Trinajstić information content (AvgIpc) is 2.57. The third-order valence-electron chi connectivity index (χ3n) is 2.59. The van der Waals surface area contributed by atoms with E-state index in [0.717, 1.165) is 0 Å². The number of sulfone groups is 1. The Kier molecular flexibility index (Phi) is 4.56. The van der Waals surface area contributed by atoms with Crippen LogP contribution in [-0.4, -0.2) is 29.1 Å². The summed E-state index contributed by atoms with van der Waals surface area (Å²) in [7, 11) is -3.03. The lowest BCUT2D eigenvalue weighted by molar-refractivity contribution is 0.553. The zero-order chi connectivity index (χ0) is 13.1. The first kappa shape index (κ1) is 14.0. The second-order valence-electron chi connectivity index (χ2n) is 4.43. The third-order valence-corrected chi connectivity index (χ3v) is 4.42. The predicted molar refractivity (Wildman–Crippen MR) is 68.0 cm³/mol. The molecule has 17 heavy (non-hydrogen) atoms. The van der Waals surface area contributed by atoms with Crippen molar-refractivity contribution in [3.05, 3.63) is 22.9 Å². The van der Waals surface area contributed by atoms with Gasteiger partial charge in [0, 0.05) is 30.7 Å². The van der Waals surface area contributed by atoms with Crippen molar-refractivity contribution in [1.82, 2.24) is 9.13 Å². The zero-order valence-electron chi connectivity index (χ0n) is 10.6. The minimum Gasteiger partial charge on any atom is -0.298 e. The van der Waals surface area contributed by atoms with E-state index in [2.05, 4.69) is 0 Å². The minimum atomic E-state index is -3.03. The average molecular weight is 260 g/mol. The Morgan fingerprint density at radius 1 is 1.24 bits per heavy atom. The molecule has 0 aliphatic carbocycles. The molecular formula is C11H20N2O3S. The first-order valence-corrected chi connectivity index (χ1v) is 7.67. The molecule has 0 aliphatic heterocycles. The van der Waals surface area contributed by atoms with Crippen LogP contribution >= 0.6 is 0 Å². The van der Waals surface area contributed by atoms with Gasteiger partial charge in [-0.3, -0.25) is 9.13 Å². The zero-order valence-corrected chi connectivity index (χ0v) is 11.4. The summed E-state index contributed by atoms with van der Waals surface area (Å²) in [4.78, 5) is 11.8. The maximum Gasteiger partial charge on any atom is 0.328 e. The van der Waals surface area contributed by atoms with Gasteiger partial charge in [0.05, 0.1) is 5.75 Å². The van der Waals surface area contributed by atoms with Gasteiger partial charge in [-0.15, -0.1) is 0 Å². The van der Waals surface area contributed by atoms with E-state index in [0.29, 0.717) is 6.42 Å². The first-order chi connectivity index (χ1) is 7.87. The highest BCUT2D eigenvalue weighted by Crippen LogP contribution is 2.00. The van der Waals surface area contributed by atoms with E-state index in [-0.39, 0.29) is 29.8 Å². The van der Waals surface area contributed by atoms with Gasteiger partial charge in [0.1, 0.15) is 0 Å². The summed E-state index contributed by atoms with van der Waals surface area (Å²) in [5, 5.41) is 0. The van der Waals surface area contributed by atoms with Gasteiger partial charge in [0.2, 0.25) is 0 Å². The highest BCUT2D eigenvalue weighted by Gasteiger charge is 2.11. The molecule has 0 bridgehead atoms. The Bertz CT molecular complexity index is 511. The Hall–Kier alpha value is -1.04. The maximum absolute atomic E-state index is 11.8. The van der Waals surface area contributed by atoms with Crippen molar-refractivity contribution in [2.75, 3.05) is 11.5 Å². The molecule has 5 nitrogen and oxygen atoms in total. The molecule has 0 aliphatic rings. The Balaban J connectivity index is 2.75. The number of imidazole rings is 1. The van der Waals surface area contributed by atoms with Gasteiger partial charge in [-0.2, -0.15) is 0 Å². The number of rotatable bonds is 6. The Morgan fingerprint density at radius 3 is 2.35 bits per heavy atom. The summed E-state index contributed by atoms with van der Waals surface area (Å²) < 4.78 is 26.1. The molecule has 1 heterocycles. The fourth-order valence-electron chi connectivity index (χ4n) is 1.64. The van der Waals surface area contributed by atoms with Gasteiger partial charge in [-0.1, -0.05) is 6.92 Å². The largest absolute Gasteiger partial charge is 0.328 e. The van der Waals surface area contributed by atoms with Crippen molar-refractivity contribution < 1.29 is 8.42 Å². The lowest BCUT2D eigenvalue weighted by Gasteiger charge is -2.05. The van der Waals surface area contributed by atoms with Gasteiger partial charge in [0.25, 0.3) is 0 Å². The quantitative estimate of drug-likeness (QED) is 0.768. The Labute approximate surface area is 102 Å². The second kappa shape index (κ2) is 5.53. The van der Waals surface area contributed by atoms with Gasteiger partial charge in [-0.05, 0) is 20.3 Å². The van der Waals surface area contributed by atoms with Crippen molar-refractivity contribution in [2.24, 2.45) is 0 Å². The van der Waals surface area contributed by atoms with Crippen LogP contribution < -0.4 is 5.69 Å². The van der Waals surface area contributed by atoms with Gasteiger partial charge in [0.15, 0.2) is 9.84 Å². The monoisotopic (exact) mass is 260 g/mol. The summed E-state index contributed by atoms with van der Waals surface area (Å²) >= 11 is 0. The van der Waals surface area contributed by atoms with Crippen LogP contribution in [0.3, 0.4) is 0 Å². The normalized spacial score (nSPS) is 12.2. The van der Waals surface area contributed by atoms with Crippen molar-refractivity contribution in [2.45, 2.75) is 39.8 Å². The lowest BCUT2D eigenvalue weighted by atomic mass is 10.4. The summed E-state index contributed by atoms with van der Waals surface area (Å²) in [5.41, 5.74) is -0.147. The highest BCUT2D eigenvalue weighted by atomic mass is 32.2. The standard InChI is InChI=1S/C11H20N2O3S/c1-4-8-17(15,16)9-7-12-5-6-13(10(2)3)11(12)14/h5-6,10H,4,7-9H2,1-3H3. The smallest absolute Gasteiger partial charge is 0.298 e. The summed E-state index contributed by atoms with van der Waals surface area (Å²) in [6, 6.07) is 0.0935. The second-order valence-corrected chi connectivity index (χ2v) is 6.73. The number of nitrogens with zero attached hydrogens (tertiary/aromatic N) is 2. The molecule has 0 saturated heterocycles. The van der Waals surface area contributed by atoms with E-state index in [1.165, 1.54) is 4.57 Å². The SMILES string of the molecule is CCCS(=O)(=O)CCn1ccn(C(C)C)c1=O. The van der Waals surface area contributed by atoms with Crippen LogP contribution in [0.2, 0.25) is 0 Å². The fourth-order valence-corrected chi connectivity index (χ4v) is 2.94. The molecule has 1 aromatic rings. The van der Waals surface area contributed by atoms with Crippen LogP contribution in [0.15, 0.2) is 17.2 Å². The summed E-state index contributed by atoms with van der Waals surface area (Å²) in [6.07, 6.45) is 3.95. The van der Waals surface area contributed by atoms with Gasteiger partial charge >= 0.3 is 5.69 Å². The number of hydrogen-bond acceptors (Lipinski definition) is 3. The molecule has 0 saturated carbocycles. The topological polar surface area (TPSA) is 61.1 Å². The maximum atomic E-state index is 11.8. The van der Waals surface area contributed by atoms with Crippen molar-refractivity contribution in [3.63, 3.8) is 0 Å². The molecule has 0 radical (unpaired) electrons. The molecular weight excluding hydrogens is 240 g/mol. The molecule has 0 atom stereocenters. The van der Waals surface area contributed by atoms with Crippen LogP contribution in [-0.2, 0) is 16.4 Å². The Morgan fingerprint density at radius 2 is 1.88 bits per heavy atom. The molecule has 1 rings (SSSR count). The minimum absolute atomic E-state index is 0.0306. The van der Waals surface area contributed by atoms with E-state index in [1.807, 2.05) is 20.8 Å². The van der Waals surface area contributed by atoms with Crippen LogP contribution in [0.5, 0.6) is 0 Å². The van der Waals surface area contributed by atoms with E-state index >= 15 is 0 Å². The molecule has 98 valence electrons. The van der Waals surface area contributed by atoms with Gasteiger partial charge < -0.3 is 0 Å². The van der Waals surface area contributed by atoms with Crippen LogP contribution in [0.4, 0.5) is 0 Å². The van der Waals surface area contributed by atoms with E-state index in [4.69, 9.17) is 0 Å². The molecule has 0 aromatic carbocycles. The number of aryl methyl sites for hydroxylation is 1. The van der Waals surface area contributed by atoms with Crippen molar-refractivity contribution in [3.8, 4) is 0 Å². The lowest BCUT2D eigenvalue weighted by Crippen LogP contribution is -2.27. The number of hydrogen-bond donors (Lipinski definition) is 0. The van der Waals surface area contributed by atoms with Crippen LogP contribution in [0, 0.1) is 0 Å². The number of aromatic nitrogens is 2. The molecule has 0 N–H and O–H groups in total. The molecule has 0 spiro atoms. The predicted octanol–water partition coefficient (Wildman–Crippen LogP) is 1.06. The first-order valence-electron chi connectivity index (χ1n) is 5.85. The summed E-state index contributed by atoms with van der Waals surface area (Å²) in [6.45, 7) is 5.90. The molecule has 0 unspecified atom stereocenters. The molecule has 1 aromatic heterocycles. The molecule has 0 amide bonds. The summed E-state index contributed by atoms with van der Waals surface area (Å²) in [5.74, 6) is 0.218. The van der Waals surface area contributed by atoms with Crippen molar-refractivity contribution in [1.29, 1.82) is 0 Å². The van der Waals surface area contributed by atoms with Crippen LogP contribution in [0.1, 0.15) is 33.2 Å².